The van der Waals surface area contributed by atoms with E-state index in [9.17, 15) is 9.18 Å². The summed E-state index contributed by atoms with van der Waals surface area (Å²) in [6, 6.07) is 14.9. The van der Waals surface area contributed by atoms with Crippen LogP contribution in [0, 0.1) is 11.7 Å². The van der Waals surface area contributed by atoms with Crippen LogP contribution in [0.2, 0.25) is 5.02 Å². The van der Waals surface area contributed by atoms with Gasteiger partial charge in [0, 0.05) is 37.1 Å². The minimum Gasteiger partial charge on any atom is -0.367 e. The molecule has 0 aliphatic carbocycles. The first-order valence-corrected chi connectivity index (χ1v) is 11.7. The summed E-state index contributed by atoms with van der Waals surface area (Å²) in [5.74, 6) is 0.221. The Morgan fingerprint density at radius 2 is 2.15 bits per heavy atom. The fraction of sp³-hybridized carbons (Fsp3) is 0.308. The van der Waals surface area contributed by atoms with Gasteiger partial charge < -0.3 is 15.5 Å². The van der Waals surface area contributed by atoms with E-state index in [-0.39, 0.29) is 17.6 Å². The van der Waals surface area contributed by atoms with Crippen LogP contribution < -0.4 is 15.5 Å². The molecule has 0 radical (unpaired) electrons. The molecule has 0 bridgehead atoms. The minimum atomic E-state index is -0.220. The Bertz CT molecular complexity index is 1180. The van der Waals surface area contributed by atoms with Gasteiger partial charge in [0.25, 0.3) is 0 Å². The zero-order valence-electron chi connectivity index (χ0n) is 18.3. The molecule has 3 heterocycles. The van der Waals surface area contributed by atoms with E-state index in [1.165, 1.54) is 11.6 Å². The predicted octanol–water partition coefficient (Wildman–Crippen LogP) is 5.04. The number of hydrogen-bond donors (Lipinski definition) is 2. The highest BCUT2D eigenvalue weighted by Crippen LogP contribution is 2.36. The molecule has 2 aromatic carbocycles. The number of pyridine rings is 1. The van der Waals surface area contributed by atoms with E-state index in [0.29, 0.717) is 23.9 Å². The van der Waals surface area contributed by atoms with E-state index in [2.05, 4.69) is 38.7 Å². The Morgan fingerprint density at radius 3 is 2.97 bits per heavy atom. The quantitative estimate of drug-likeness (QED) is 0.555. The third-order valence-corrected chi connectivity index (χ3v) is 6.73. The predicted molar refractivity (Wildman–Crippen MR) is 130 cm³/mol. The number of halogens is 2. The Hall–Kier alpha value is -2.96. The maximum atomic E-state index is 13.6. The molecule has 170 valence electrons. The average Bonchev–Trinajstić information content (AvgIpc) is 3.23. The van der Waals surface area contributed by atoms with Gasteiger partial charge in [-0.05, 0) is 66.8 Å². The van der Waals surface area contributed by atoms with Crippen molar-refractivity contribution in [2.24, 2.45) is 5.92 Å². The number of carbonyl (C=O) groups excluding carboxylic acids is 1. The Kier molecular flexibility index (Phi) is 6.29. The fourth-order valence-electron chi connectivity index (χ4n) is 4.67. The molecule has 1 aromatic heterocycles. The van der Waals surface area contributed by atoms with Crippen LogP contribution in [-0.4, -0.2) is 30.5 Å². The number of nitrogens with one attached hydrogen (secondary N) is 2. The molecule has 1 atom stereocenters. The highest BCUT2D eigenvalue weighted by molar-refractivity contribution is 6.33. The molecular formula is C26H26ClFN4O. The molecule has 3 aromatic rings. The van der Waals surface area contributed by atoms with Gasteiger partial charge in [-0.15, -0.1) is 0 Å². The summed E-state index contributed by atoms with van der Waals surface area (Å²) < 4.78 is 13.6. The molecule has 1 amide bonds. The monoisotopic (exact) mass is 464 g/mol. The molecule has 5 nitrogen and oxygen atoms in total. The number of benzene rings is 2. The molecule has 2 N–H and O–H groups in total. The van der Waals surface area contributed by atoms with Gasteiger partial charge in [-0.1, -0.05) is 35.9 Å². The lowest BCUT2D eigenvalue weighted by atomic mass is 9.99. The van der Waals surface area contributed by atoms with Crippen molar-refractivity contribution in [2.75, 3.05) is 29.9 Å². The van der Waals surface area contributed by atoms with Crippen molar-refractivity contribution in [3.63, 3.8) is 0 Å². The highest BCUT2D eigenvalue weighted by atomic mass is 35.5. The highest BCUT2D eigenvalue weighted by Gasteiger charge is 2.23. The fourth-order valence-corrected chi connectivity index (χ4v) is 4.88. The van der Waals surface area contributed by atoms with Crippen LogP contribution in [0.25, 0.3) is 11.1 Å². The Balaban J connectivity index is 1.38. The summed E-state index contributed by atoms with van der Waals surface area (Å²) in [7, 11) is 0. The second-order valence-electron chi connectivity index (χ2n) is 8.73. The van der Waals surface area contributed by atoms with Crippen molar-refractivity contribution in [1.29, 1.82) is 0 Å². The lowest BCUT2D eigenvalue weighted by Gasteiger charge is -2.22. The molecule has 2 aliphatic heterocycles. The van der Waals surface area contributed by atoms with E-state index >= 15 is 0 Å². The standard InChI is InChI=1S/C26H26ClFN4O/c27-23-15-30-25(31-26(33)20-4-2-9-29-14-20)13-22(23)19-7-6-18-8-10-32(24(18)12-19)16-17-3-1-5-21(28)11-17/h1,3,5-7,11-13,15,20,29H,2,4,8-10,14,16H2,(H,30,31,33)/t20-/m1/s1. The average molecular weight is 465 g/mol. The van der Waals surface area contributed by atoms with Crippen LogP contribution in [0.5, 0.6) is 0 Å². The normalized spacial score (nSPS) is 17.6. The summed E-state index contributed by atoms with van der Waals surface area (Å²) in [5, 5.41) is 6.75. The third-order valence-electron chi connectivity index (χ3n) is 6.42. The number of carbonyl (C=O) groups is 1. The second kappa shape index (κ2) is 9.49. The molecule has 1 fully saturated rings. The van der Waals surface area contributed by atoms with Crippen LogP contribution >= 0.6 is 11.6 Å². The van der Waals surface area contributed by atoms with Crippen molar-refractivity contribution in [3.8, 4) is 11.1 Å². The Morgan fingerprint density at radius 1 is 1.24 bits per heavy atom. The molecule has 7 heteroatoms. The first-order valence-electron chi connectivity index (χ1n) is 11.4. The van der Waals surface area contributed by atoms with Crippen LogP contribution in [0.15, 0.2) is 54.7 Å². The lowest BCUT2D eigenvalue weighted by molar-refractivity contribution is -0.120. The SMILES string of the molecule is O=C(Nc1cc(-c2ccc3c(c2)N(Cc2cccc(F)c2)CC3)c(Cl)cn1)[C@@H]1CCCNC1. The van der Waals surface area contributed by atoms with Crippen LogP contribution in [0.3, 0.4) is 0 Å². The molecule has 5 rings (SSSR count). The summed E-state index contributed by atoms with van der Waals surface area (Å²) in [6.07, 6.45) is 4.42. The first kappa shape index (κ1) is 21.9. The zero-order valence-corrected chi connectivity index (χ0v) is 19.0. The van der Waals surface area contributed by atoms with Crippen LogP contribution in [-0.2, 0) is 17.8 Å². The van der Waals surface area contributed by atoms with Crippen molar-refractivity contribution >= 4 is 29.0 Å². The molecule has 2 aliphatic rings. The Labute approximate surface area is 198 Å². The van der Waals surface area contributed by atoms with Gasteiger partial charge in [-0.3, -0.25) is 4.79 Å². The molecule has 1 saturated heterocycles. The lowest BCUT2D eigenvalue weighted by Crippen LogP contribution is -2.37. The van der Waals surface area contributed by atoms with Crippen LogP contribution in [0.4, 0.5) is 15.9 Å². The van der Waals surface area contributed by atoms with Gasteiger partial charge in [0.2, 0.25) is 5.91 Å². The van der Waals surface area contributed by atoms with E-state index in [0.717, 1.165) is 54.7 Å². The number of piperidine rings is 1. The number of amides is 1. The smallest absolute Gasteiger partial charge is 0.229 e. The van der Waals surface area contributed by atoms with E-state index in [1.807, 2.05) is 12.1 Å². The maximum absolute atomic E-state index is 13.6. The van der Waals surface area contributed by atoms with E-state index in [4.69, 9.17) is 11.6 Å². The summed E-state index contributed by atoms with van der Waals surface area (Å²) >= 11 is 6.51. The van der Waals surface area contributed by atoms with E-state index in [1.54, 1.807) is 18.3 Å². The number of hydrogen-bond acceptors (Lipinski definition) is 4. The maximum Gasteiger partial charge on any atom is 0.229 e. The largest absolute Gasteiger partial charge is 0.367 e. The van der Waals surface area contributed by atoms with Crippen molar-refractivity contribution in [1.82, 2.24) is 10.3 Å². The summed E-state index contributed by atoms with van der Waals surface area (Å²) in [5.41, 5.74) is 5.12. The second-order valence-corrected chi connectivity index (χ2v) is 9.13. The van der Waals surface area contributed by atoms with Crippen molar-refractivity contribution in [3.05, 3.63) is 76.7 Å². The molecular weight excluding hydrogens is 439 g/mol. The summed E-state index contributed by atoms with van der Waals surface area (Å²) in [4.78, 5) is 19.2. The number of rotatable bonds is 5. The third kappa shape index (κ3) is 4.87. The topological polar surface area (TPSA) is 57.3 Å². The number of nitrogens with zero attached hydrogens (tertiary/aromatic N) is 2. The van der Waals surface area contributed by atoms with E-state index < -0.39 is 0 Å². The van der Waals surface area contributed by atoms with Gasteiger partial charge in [0.15, 0.2) is 0 Å². The molecule has 0 spiro atoms. The number of aromatic nitrogens is 1. The van der Waals surface area contributed by atoms with Gasteiger partial charge in [0.1, 0.15) is 11.6 Å². The number of fused-ring (bicyclic) bond motifs is 1. The molecule has 33 heavy (non-hydrogen) atoms. The van der Waals surface area contributed by atoms with Gasteiger partial charge in [-0.25, -0.2) is 9.37 Å². The first-order chi connectivity index (χ1) is 16.1. The van der Waals surface area contributed by atoms with Crippen molar-refractivity contribution in [2.45, 2.75) is 25.8 Å². The number of anilines is 2. The molecule has 0 unspecified atom stereocenters. The minimum absolute atomic E-state index is 0.0156. The summed E-state index contributed by atoms with van der Waals surface area (Å²) in [6.45, 7) is 3.19. The van der Waals surface area contributed by atoms with Gasteiger partial charge in [0.05, 0.1) is 10.9 Å². The van der Waals surface area contributed by atoms with Gasteiger partial charge >= 0.3 is 0 Å². The van der Waals surface area contributed by atoms with Crippen LogP contribution in [0.1, 0.15) is 24.0 Å². The zero-order chi connectivity index (χ0) is 22.8. The van der Waals surface area contributed by atoms with Gasteiger partial charge in [-0.2, -0.15) is 0 Å². The molecule has 0 saturated carbocycles. The van der Waals surface area contributed by atoms with Crippen molar-refractivity contribution < 1.29 is 9.18 Å².